The van der Waals surface area contributed by atoms with Crippen molar-refractivity contribution in [3.63, 3.8) is 0 Å². The number of morpholine rings is 1. The highest BCUT2D eigenvalue weighted by molar-refractivity contribution is 5.77. The number of hydrogen-bond acceptors (Lipinski definition) is 3. The van der Waals surface area contributed by atoms with Gasteiger partial charge in [-0.3, -0.25) is 0 Å². The maximum Gasteiger partial charge on any atom is 0.320 e. The lowest BCUT2D eigenvalue weighted by Gasteiger charge is -2.33. The molecule has 2 saturated heterocycles. The van der Waals surface area contributed by atoms with Crippen LogP contribution < -0.4 is 0 Å². The molecule has 23 heavy (non-hydrogen) atoms. The number of carbonyl (C=O) groups is 1. The molecule has 122 valence electrons. The zero-order chi connectivity index (χ0) is 15.8. The lowest BCUT2D eigenvalue weighted by Crippen LogP contribution is -2.48. The second kappa shape index (κ2) is 5.81. The van der Waals surface area contributed by atoms with Gasteiger partial charge in [0.05, 0.1) is 30.3 Å². The fraction of sp³-hybridized carbons (Fsp3) is 0.500. The van der Waals surface area contributed by atoms with Crippen molar-refractivity contribution >= 4 is 17.1 Å². The van der Waals surface area contributed by atoms with Gasteiger partial charge in [0.25, 0.3) is 0 Å². The summed E-state index contributed by atoms with van der Waals surface area (Å²) in [5.41, 5.74) is 1.40. The van der Waals surface area contributed by atoms with Gasteiger partial charge < -0.3 is 19.5 Å². The molecule has 2 aliphatic rings. The summed E-state index contributed by atoms with van der Waals surface area (Å²) in [5.74, 6) is 0.449. The van der Waals surface area contributed by atoms with Gasteiger partial charge in [-0.15, -0.1) is 0 Å². The monoisotopic (exact) mass is 318 g/mol. The molecule has 2 amide bonds. The summed E-state index contributed by atoms with van der Waals surface area (Å²) in [5, 5.41) is 0. The standard InChI is InChI=1S/C16H19FN4O2/c17-11-3-4-12-13(10-11)19-15(18-12)14-2-1-5-21(14)16(22)20-6-8-23-9-7-20/h3-4,10,14H,1-2,5-9H2,(H,18,19)/t14-/m0/s1. The molecule has 3 heterocycles. The number of nitrogens with one attached hydrogen (secondary N) is 1. The van der Waals surface area contributed by atoms with E-state index < -0.39 is 0 Å². The van der Waals surface area contributed by atoms with Crippen molar-refractivity contribution in [1.82, 2.24) is 19.8 Å². The van der Waals surface area contributed by atoms with Crippen molar-refractivity contribution in [3.05, 3.63) is 29.8 Å². The number of benzene rings is 1. The second-order valence-corrected chi connectivity index (χ2v) is 6.02. The summed E-state index contributed by atoms with van der Waals surface area (Å²) < 4.78 is 18.6. The Morgan fingerprint density at radius 3 is 2.96 bits per heavy atom. The molecule has 0 saturated carbocycles. The zero-order valence-corrected chi connectivity index (χ0v) is 12.8. The fourth-order valence-corrected chi connectivity index (χ4v) is 3.38. The molecule has 0 bridgehead atoms. The average molecular weight is 318 g/mol. The van der Waals surface area contributed by atoms with E-state index in [1.54, 1.807) is 6.07 Å². The highest BCUT2D eigenvalue weighted by Gasteiger charge is 2.35. The Balaban J connectivity index is 1.59. The van der Waals surface area contributed by atoms with Crippen LogP contribution in [0.1, 0.15) is 24.7 Å². The van der Waals surface area contributed by atoms with Crippen LogP contribution in [-0.2, 0) is 4.74 Å². The maximum absolute atomic E-state index is 13.3. The number of H-pyrrole nitrogens is 1. The summed E-state index contributed by atoms with van der Waals surface area (Å²) in [7, 11) is 0. The Labute approximate surface area is 133 Å². The number of imidazole rings is 1. The van der Waals surface area contributed by atoms with Crippen molar-refractivity contribution in [1.29, 1.82) is 0 Å². The van der Waals surface area contributed by atoms with Crippen molar-refractivity contribution in [2.45, 2.75) is 18.9 Å². The number of rotatable bonds is 1. The van der Waals surface area contributed by atoms with Crippen molar-refractivity contribution < 1.29 is 13.9 Å². The molecular formula is C16H19FN4O2. The Morgan fingerprint density at radius 1 is 1.30 bits per heavy atom. The highest BCUT2D eigenvalue weighted by Crippen LogP contribution is 2.32. The molecule has 1 aromatic carbocycles. The Kier molecular flexibility index (Phi) is 3.65. The molecule has 7 heteroatoms. The van der Waals surface area contributed by atoms with Gasteiger partial charge in [-0.05, 0) is 31.0 Å². The van der Waals surface area contributed by atoms with Crippen LogP contribution in [0.15, 0.2) is 18.2 Å². The van der Waals surface area contributed by atoms with Crippen LogP contribution in [0.2, 0.25) is 0 Å². The molecule has 6 nitrogen and oxygen atoms in total. The third-order valence-corrected chi connectivity index (χ3v) is 4.56. The van der Waals surface area contributed by atoms with Crippen molar-refractivity contribution in [2.24, 2.45) is 0 Å². The predicted octanol–water partition coefficient (Wildman–Crippen LogP) is 2.29. The smallest absolute Gasteiger partial charge is 0.320 e. The maximum atomic E-state index is 13.3. The number of ether oxygens (including phenoxy) is 1. The summed E-state index contributed by atoms with van der Waals surface area (Å²) in [6.07, 6.45) is 1.82. The van der Waals surface area contributed by atoms with Crippen LogP contribution in [0.25, 0.3) is 11.0 Å². The number of aromatic nitrogens is 2. The first-order valence-electron chi connectivity index (χ1n) is 8.01. The largest absolute Gasteiger partial charge is 0.378 e. The van der Waals surface area contributed by atoms with E-state index in [0.29, 0.717) is 31.8 Å². The molecule has 0 unspecified atom stereocenters. The number of halogens is 1. The summed E-state index contributed by atoms with van der Waals surface area (Å²) in [6, 6.07) is 4.48. The number of carbonyl (C=O) groups excluding carboxylic acids is 1. The van der Waals surface area contributed by atoms with Crippen LogP contribution in [-0.4, -0.2) is 58.6 Å². The number of fused-ring (bicyclic) bond motifs is 1. The first kappa shape index (κ1) is 14.4. The number of likely N-dealkylation sites (tertiary alicyclic amines) is 1. The van der Waals surface area contributed by atoms with Gasteiger partial charge >= 0.3 is 6.03 Å². The van der Waals surface area contributed by atoms with Gasteiger partial charge in [0, 0.05) is 19.6 Å². The van der Waals surface area contributed by atoms with Gasteiger partial charge in [0.1, 0.15) is 11.6 Å². The van der Waals surface area contributed by atoms with E-state index in [-0.39, 0.29) is 17.9 Å². The molecule has 1 N–H and O–H groups in total. The van der Waals surface area contributed by atoms with Gasteiger partial charge in [-0.1, -0.05) is 0 Å². The molecule has 0 radical (unpaired) electrons. The number of hydrogen-bond donors (Lipinski definition) is 1. The minimum absolute atomic E-state index is 0.0439. The molecule has 0 aliphatic carbocycles. The first-order valence-corrected chi connectivity index (χ1v) is 8.01. The Bertz CT molecular complexity index is 726. The highest BCUT2D eigenvalue weighted by atomic mass is 19.1. The predicted molar refractivity (Wildman–Crippen MR) is 82.5 cm³/mol. The third-order valence-electron chi connectivity index (χ3n) is 4.56. The number of urea groups is 1. The van der Waals surface area contributed by atoms with Crippen molar-refractivity contribution in [2.75, 3.05) is 32.8 Å². The zero-order valence-electron chi connectivity index (χ0n) is 12.8. The number of aromatic amines is 1. The van der Waals surface area contributed by atoms with E-state index in [1.165, 1.54) is 12.1 Å². The summed E-state index contributed by atoms with van der Waals surface area (Å²) >= 11 is 0. The Hall–Kier alpha value is -2.15. The number of nitrogens with zero attached hydrogens (tertiary/aromatic N) is 3. The lowest BCUT2D eigenvalue weighted by atomic mass is 10.2. The van der Waals surface area contributed by atoms with Crippen LogP contribution >= 0.6 is 0 Å². The van der Waals surface area contributed by atoms with Crippen LogP contribution in [0.3, 0.4) is 0 Å². The lowest BCUT2D eigenvalue weighted by molar-refractivity contribution is 0.0419. The van der Waals surface area contributed by atoms with Crippen molar-refractivity contribution in [3.8, 4) is 0 Å². The van der Waals surface area contributed by atoms with E-state index in [9.17, 15) is 9.18 Å². The molecule has 1 aromatic heterocycles. The molecular weight excluding hydrogens is 299 g/mol. The van der Waals surface area contributed by atoms with E-state index in [1.807, 2.05) is 9.80 Å². The van der Waals surface area contributed by atoms with Gasteiger partial charge in [0.15, 0.2) is 0 Å². The van der Waals surface area contributed by atoms with Gasteiger partial charge in [-0.25, -0.2) is 14.2 Å². The Morgan fingerprint density at radius 2 is 2.13 bits per heavy atom. The van der Waals surface area contributed by atoms with Crippen LogP contribution in [0.5, 0.6) is 0 Å². The van der Waals surface area contributed by atoms with E-state index in [2.05, 4.69) is 9.97 Å². The minimum atomic E-state index is -0.291. The molecule has 2 aliphatic heterocycles. The molecule has 2 fully saturated rings. The molecule has 2 aromatic rings. The molecule has 1 atom stereocenters. The van der Waals surface area contributed by atoms with Crippen LogP contribution in [0, 0.1) is 5.82 Å². The third kappa shape index (κ3) is 2.65. The summed E-state index contributed by atoms with van der Waals surface area (Å²) in [4.78, 5) is 24.2. The topological polar surface area (TPSA) is 61.5 Å². The number of amides is 2. The van der Waals surface area contributed by atoms with Gasteiger partial charge in [-0.2, -0.15) is 0 Å². The minimum Gasteiger partial charge on any atom is -0.378 e. The fourth-order valence-electron chi connectivity index (χ4n) is 3.38. The van der Waals surface area contributed by atoms with E-state index in [0.717, 1.165) is 30.7 Å². The molecule has 0 spiro atoms. The summed E-state index contributed by atoms with van der Waals surface area (Å²) in [6.45, 7) is 3.18. The van der Waals surface area contributed by atoms with E-state index >= 15 is 0 Å². The molecule has 4 rings (SSSR count). The quantitative estimate of drug-likeness (QED) is 0.877. The SMILES string of the molecule is O=C(N1CCOCC1)N1CCC[C@H]1c1nc2ccc(F)cc2[nH]1. The van der Waals surface area contributed by atoms with Crippen LogP contribution in [0.4, 0.5) is 9.18 Å². The van der Waals surface area contributed by atoms with Gasteiger partial charge in [0.2, 0.25) is 0 Å². The average Bonchev–Trinajstić information content (AvgIpc) is 3.20. The normalized spacial score (nSPS) is 22.0. The van der Waals surface area contributed by atoms with E-state index in [4.69, 9.17) is 4.74 Å². The second-order valence-electron chi connectivity index (χ2n) is 6.02. The first-order chi connectivity index (χ1) is 11.2.